The molecule has 2 aromatic rings. The molecule has 1 unspecified atom stereocenters. The summed E-state index contributed by atoms with van der Waals surface area (Å²) in [7, 11) is 0. The summed E-state index contributed by atoms with van der Waals surface area (Å²) in [5.74, 6) is -0.0257. The normalized spacial score (nSPS) is 16.3. The van der Waals surface area contributed by atoms with Crippen LogP contribution in [0.25, 0.3) is 0 Å². The molecule has 2 aromatic carbocycles. The average Bonchev–Trinajstić information content (AvgIpc) is 2.64. The second-order valence-electron chi connectivity index (χ2n) is 7.14. The van der Waals surface area contributed by atoms with Crippen molar-refractivity contribution in [3.63, 3.8) is 0 Å². The van der Waals surface area contributed by atoms with Gasteiger partial charge in [0.2, 0.25) is 0 Å². The zero-order chi connectivity index (χ0) is 18.5. The summed E-state index contributed by atoms with van der Waals surface area (Å²) in [6, 6.07) is 14.3. The highest BCUT2D eigenvalue weighted by Gasteiger charge is 2.15. The molecule has 0 aliphatic carbocycles. The van der Waals surface area contributed by atoms with E-state index in [4.69, 9.17) is 4.74 Å². The van der Waals surface area contributed by atoms with Crippen LogP contribution in [0, 0.1) is 13.8 Å². The number of aryl methyl sites for hydroxylation is 2. The lowest BCUT2D eigenvalue weighted by atomic mass is 9.99. The predicted molar refractivity (Wildman–Crippen MR) is 104 cm³/mol. The summed E-state index contributed by atoms with van der Waals surface area (Å²) in [6.07, 6.45) is 0. The number of hydrogen-bond donors (Lipinski definition) is 1. The molecule has 0 aromatic heterocycles. The quantitative estimate of drug-likeness (QED) is 0.893. The summed E-state index contributed by atoms with van der Waals surface area (Å²) < 4.78 is 5.40. The fraction of sp³-hybridized carbons (Fsp3) is 0.409. The van der Waals surface area contributed by atoms with E-state index in [0.717, 1.165) is 32.8 Å². The molecule has 0 bridgehead atoms. The second kappa shape index (κ2) is 8.47. The van der Waals surface area contributed by atoms with Gasteiger partial charge < -0.3 is 10.1 Å². The van der Waals surface area contributed by atoms with E-state index in [2.05, 4.69) is 48.3 Å². The van der Waals surface area contributed by atoms with Gasteiger partial charge in [0.05, 0.1) is 19.3 Å². The van der Waals surface area contributed by atoms with Gasteiger partial charge in [0.1, 0.15) is 0 Å². The van der Waals surface area contributed by atoms with Gasteiger partial charge in [0.15, 0.2) is 0 Å². The largest absolute Gasteiger partial charge is 0.379 e. The molecule has 3 rings (SSSR count). The van der Waals surface area contributed by atoms with Crippen LogP contribution >= 0.6 is 0 Å². The first-order valence-electron chi connectivity index (χ1n) is 9.30. The summed E-state index contributed by atoms with van der Waals surface area (Å²) in [5.41, 5.74) is 5.46. The van der Waals surface area contributed by atoms with Crippen molar-refractivity contribution in [3.05, 3.63) is 70.3 Å². The monoisotopic (exact) mass is 352 g/mol. The molecule has 1 N–H and O–H groups in total. The number of amides is 1. The SMILES string of the molecule is Cc1ccc(C)c(C(C)NC(=O)c2cccc(CN3CCOCC3)c2)c1. The van der Waals surface area contributed by atoms with Crippen molar-refractivity contribution in [2.75, 3.05) is 26.3 Å². The highest BCUT2D eigenvalue weighted by Crippen LogP contribution is 2.19. The number of nitrogens with one attached hydrogen (secondary N) is 1. The lowest BCUT2D eigenvalue weighted by molar-refractivity contribution is 0.0342. The number of hydrogen-bond acceptors (Lipinski definition) is 3. The van der Waals surface area contributed by atoms with Crippen molar-refractivity contribution in [2.45, 2.75) is 33.4 Å². The van der Waals surface area contributed by atoms with E-state index in [9.17, 15) is 4.79 Å². The van der Waals surface area contributed by atoms with Crippen LogP contribution in [-0.4, -0.2) is 37.1 Å². The van der Waals surface area contributed by atoms with E-state index < -0.39 is 0 Å². The van der Waals surface area contributed by atoms with E-state index in [0.29, 0.717) is 5.56 Å². The van der Waals surface area contributed by atoms with Gasteiger partial charge >= 0.3 is 0 Å². The van der Waals surface area contributed by atoms with Gasteiger partial charge in [-0.25, -0.2) is 0 Å². The first kappa shape index (κ1) is 18.6. The minimum Gasteiger partial charge on any atom is -0.379 e. The number of rotatable bonds is 5. The maximum Gasteiger partial charge on any atom is 0.251 e. The number of carbonyl (C=O) groups is 1. The molecule has 1 aliphatic rings. The fourth-order valence-electron chi connectivity index (χ4n) is 3.41. The summed E-state index contributed by atoms with van der Waals surface area (Å²) in [6.45, 7) is 10.5. The van der Waals surface area contributed by atoms with Crippen LogP contribution in [0.3, 0.4) is 0 Å². The van der Waals surface area contributed by atoms with Crippen LogP contribution in [0.1, 0.15) is 45.6 Å². The molecule has 4 nitrogen and oxygen atoms in total. The zero-order valence-corrected chi connectivity index (χ0v) is 15.9. The van der Waals surface area contributed by atoms with Crippen molar-refractivity contribution in [1.82, 2.24) is 10.2 Å². The molecule has 0 saturated carbocycles. The van der Waals surface area contributed by atoms with Crippen LogP contribution in [-0.2, 0) is 11.3 Å². The van der Waals surface area contributed by atoms with Crippen molar-refractivity contribution >= 4 is 5.91 Å². The molecule has 0 spiro atoms. The molecule has 1 fully saturated rings. The Bertz CT molecular complexity index is 766. The van der Waals surface area contributed by atoms with Crippen molar-refractivity contribution < 1.29 is 9.53 Å². The maximum absolute atomic E-state index is 12.7. The van der Waals surface area contributed by atoms with E-state index in [1.807, 2.05) is 25.1 Å². The summed E-state index contributed by atoms with van der Waals surface area (Å²) >= 11 is 0. The molecule has 1 amide bonds. The number of nitrogens with zero attached hydrogens (tertiary/aromatic N) is 1. The molecule has 138 valence electrons. The van der Waals surface area contributed by atoms with Crippen LogP contribution in [0.5, 0.6) is 0 Å². The van der Waals surface area contributed by atoms with Crippen LogP contribution in [0.15, 0.2) is 42.5 Å². The van der Waals surface area contributed by atoms with E-state index in [1.54, 1.807) is 0 Å². The third-order valence-corrected chi connectivity index (χ3v) is 4.95. The van der Waals surface area contributed by atoms with Crippen LogP contribution in [0.4, 0.5) is 0 Å². The first-order valence-corrected chi connectivity index (χ1v) is 9.30. The average molecular weight is 352 g/mol. The highest BCUT2D eigenvalue weighted by atomic mass is 16.5. The Balaban J connectivity index is 1.67. The van der Waals surface area contributed by atoms with Gasteiger partial charge in [-0.1, -0.05) is 35.9 Å². The Morgan fingerprint density at radius 1 is 1.15 bits per heavy atom. The van der Waals surface area contributed by atoms with E-state index >= 15 is 0 Å². The minimum absolute atomic E-state index is 0.0229. The van der Waals surface area contributed by atoms with Gasteiger partial charge in [-0.3, -0.25) is 9.69 Å². The topological polar surface area (TPSA) is 41.6 Å². The van der Waals surface area contributed by atoms with E-state index in [1.165, 1.54) is 22.3 Å². The predicted octanol–water partition coefficient (Wildman–Crippen LogP) is 3.63. The third-order valence-electron chi connectivity index (χ3n) is 4.95. The smallest absolute Gasteiger partial charge is 0.251 e. The standard InChI is InChI=1S/C22H28N2O2/c1-16-7-8-17(2)21(13-16)18(3)23-22(25)20-6-4-5-19(14-20)15-24-9-11-26-12-10-24/h4-8,13-14,18H,9-12,15H2,1-3H3,(H,23,25). The minimum atomic E-state index is -0.0257. The second-order valence-corrected chi connectivity index (χ2v) is 7.14. The molecule has 26 heavy (non-hydrogen) atoms. The molecule has 1 aliphatic heterocycles. The highest BCUT2D eigenvalue weighted by molar-refractivity contribution is 5.94. The molecule has 1 heterocycles. The van der Waals surface area contributed by atoms with Gasteiger partial charge in [0, 0.05) is 25.2 Å². The molecule has 1 saturated heterocycles. The number of carbonyl (C=O) groups excluding carboxylic acids is 1. The lowest BCUT2D eigenvalue weighted by Gasteiger charge is -2.26. The van der Waals surface area contributed by atoms with Gasteiger partial charge in [-0.2, -0.15) is 0 Å². The molecule has 4 heteroatoms. The van der Waals surface area contributed by atoms with Crippen molar-refractivity contribution in [2.24, 2.45) is 0 Å². The Labute approximate surface area is 156 Å². The van der Waals surface area contributed by atoms with Crippen molar-refractivity contribution in [3.8, 4) is 0 Å². The number of ether oxygens (including phenoxy) is 1. The zero-order valence-electron chi connectivity index (χ0n) is 15.9. The number of benzene rings is 2. The Morgan fingerprint density at radius 3 is 2.69 bits per heavy atom. The Kier molecular flexibility index (Phi) is 6.07. The molecular formula is C22H28N2O2. The third kappa shape index (κ3) is 4.71. The molecular weight excluding hydrogens is 324 g/mol. The first-order chi connectivity index (χ1) is 12.5. The van der Waals surface area contributed by atoms with Gasteiger partial charge in [-0.05, 0) is 49.6 Å². The summed E-state index contributed by atoms with van der Waals surface area (Å²) in [4.78, 5) is 15.1. The molecule has 1 atom stereocenters. The number of morpholine rings is 1. The Hall–Kier alpha value is -2.17. The van der Waals surface area contributed by atoms with Gasteiger partial charge in [0.25, 0.3) is 5.91 Å². The van der Waals surface area contributed by atoms with Gasteiger partial charge in [-0.15, -0.1) is 0 Å². The van der Waals surface area contributed by atoms with Crippen LogP contribution < -0.4 is 5.32 Å². The summed E-state index contributed by atoms with van der Waals surface area (Å²) in [5, 5.41) is 3.14. The maximum atomic E-state index is 12.7. The fourth-order valence-corrected chi connectivity index (χ4v) is 3.41. The van der Waals surface area contributed by atoms with Crippen LogP contribution in [0.2, 0.25) is 0 Å². The van der Waals surface area contributed by atoms with E-state index in [-0.39, 0.29) is 11.9 Å². The Morgan fingerprint density at radius 2 is 1.92 bits per heavy atom. The molecule has 0 radical (unpaired) electrons. The lowest BCUT2D eigenvalue weighted by Crippen LogP contribution is -2.35. The van der Waals surface area contributed by atoms with Crippen molar-refractivity contribution in [1.29, 1.82) is 0 Å².